The Morgan fingerprint density at radius 2 is 1.90 bits per heavy atom. The van der Waals surface area contributed by atoms with Gasteiger partial charge in [-0.25, -0.2) is 8.42 Å². The van der Waals surface area contributed by atoms with Crippen LogP contribution in [0, 0.1) is 0 Å². The van der Waals surface area contributed by atoms with Crippen LogP contribution in [0.2, 0.25) is 0 Å². The van der Waals surface area contributed by atoms with Gasteiger partial charge in [0.25, 0.3) is 0 Å². The molecule has 2 aliphatic heterocycles. The van der Waals surface area contributed by atoms with Crippen molar-refractivity contribution in [2.24, 2.45) is 5.73 Å². The van der Waals surface area contributed by atoms with Gasteiger partial charge in [0, 0.05) is 25.7 Å². The first-order valence-electron chi connectivity index (χ1n) is 7.48. The molecule has 2 N–H and O–H groups in total. The van der Waals surface area contributed by atoms with Crippen molar-refractivity contribution in [1.82, 2.24) is 4.31 Å². The molecule has 2 heterocycles. The van der Waals surface area contributed by atoms with Gasteiger partial charge in [-0.1, -0.05) is 0 Å². The van der Waals surface area contributed by atoms with Crippen molar-refractivity contribution in [3.8, 4) is 0 Å². The molecule has 0 aromatic rings. The van der Waals surface area contributed by atoms with Gasteiger partial charge in [0.05, 0.1) is 18.8 Å². The molecule has 2 saturated heterocycles. The number of nitrogens with two attached hydrogens (primary N) is 1. The lowest BCUT2D eigenvalue weighted by Crippen LogP contribution is -2.57. The minimum atomic E-state index is -3.25. The molecule has 1 saturated carbocycles. The Hall–Kier alpha value is -0.210. The van der Waals surface area contributed by atoms with Crippen LogP contribution >= 0.6 is 0 Å². The zero-order valence-electron chi connectivity index (χ0n) is 11.8. The molecule has 0 radical (unpaired) electrons. The second-order valence-corrected chi connectivity index (χ2v) is 8.45. The molecule has 1 spiro atoms. The van der Waals surface area contributed by atoms with Crippen LogP contribution in [-0.4, -0.2) is 62.5 Å². The van der Waals surface area contributed by atoms with E-state index in [1.54, 1.807) is 4.31 Å². The van der Waals surface area contributed by atoms with Crippen molar-refractivity contribution < 1.29 is 17.9 Å². The zero-order valence-corrected chi connectivity index (χ0v) is 12.6. The average molecular weight is 304 g/mol. The first-order valence-corrected chi connectivity index (χ1v) is 8.98. The lowest BCUT2D eigenvalue weighted by atomic mass is 9.81. The largest absolute Gasteiger partial charge is 0.380 e. The van der Waals surface area contributed by atoms with Gasteiger partial charge in [0.1, 0.15) is 5.25 Å². The van der Waals surface area contributed by atoms with Crippen LogP contribution in [0.25, 0.3) is 0 Å². The third-order valence-electron chi connectivity index (χ3n) is 4.82. The van der Waals surface area contributed by atoms with Crippen molar-refractivity contribution in [2.45, 2.75) is 49.0 Å². The molecular weight excluding hydrogens is 280 g/mol. The van der Waals surface area contributed by atoms with E-state index in [0.29, 0.717) is 39.3 Å². The van der Waals surface area contributed by atoms with E-state index >= 15 is 0 Å². The summed E-state index contributed by atoms with van der Waals surface area (Å²) in [7, 11) is -3.25. The number of sulfonamides is 1. The van der Waals surface area contributed by atoms with Crippen LogP contribution in [0.4, 0.5) is 0 Å². The molecule has 6 nitrogen and oxygen atoms in total. The molecule has 1 atom stereocenters. The topological polar surface area (TPSA) is 81.9 Å². The van der Waals surface area contributed by atoms with Crippen molar-refractivity contribution in [3.63, 3.8) is 0 Å². The number of rotatable bonds is 2. The molecule has 3 aliphatic rings. The summed E-state index contributed by atoms with van der Waals surface area (Å²) >= 11 is 0. The van der Waals surface area contributed by atoms with Gasteiger partial charge >= 0.3 is 0 Å². The highest BCUT2D eigenvalue weighted by Gasteiger charge is 2.45. The van der Waals surface area contributed by atoms with Crippen LogP contribution in [0.15, 0.2) is 0 Å². The predicted molar refractivity (Wildman–Crippen MR) is 74.8 cm³/mol. The van der Waals surface area contributed by atoms with Crippen LogP contribution in [0.3, 0.4) is 0 Å². The maximum Gasteiger partial charge on any atom is 0.219 e. The second kappa shape index (κ2) is 5.53. The van der Waals surface area contributed by atoms with E-state index in [0.717, 1.165) is 25.7 Å². The van der Waals surface area contributed by atoms with Crippen LogP contribution in [0.5, 0.6) is 0 Å². The Balaban J connectivity index is 1.71. The van der Waals surface area contributed by atoms with Gasteiger partial charge < -0.3 is 15.2 Å². The Kier molecular flexibility index (Phi) is 4.07. The van der Waals surface area contributed by atoms with Crippen LogP contribution in [-0.2, 0) is 19.5 Å². The minimum Gasteiger partial charge on any atom is -0.380 e. The summed E-state index contributed by atoms with van der Waals surface area (Å²) in [5.41, 5.74) is 5.64. The molecule has 1 aliphatic carbocycles. The van der Waals surface area contributed by atoms with Gasteiger partial charge in [-0.05, 0) is 32.1 Å². The third-order valence-corrected chi connectivity index (χ3v) is 7.07. The minimum absolute atomic E-state index is 0.236. The van der Waals surface area contributed by atoms with E-state index in [1.165, 1.54) is 0 Å². The Bertz CT molecular complexity index is 439. The second-order valence-electron chi connectivity index (χ2n) is 6.23. The van der Waals surface area contributed by atoms with Crippen molar-refractivity contribution >= 4 is 10.0 Å². The standard InChI is InChI=1S/C13H24N2O4S/c14-11-1-4-13(5-2-11)10-15(6-8-19-13)20(16,17)12-3-7-18-9-12/h11-12H,1-10,14H2. The number of morpholine rings is 1. The normalized spacial score (nSPS) is 40.2. The SMILES string of the molecule is NC1CCC2(CC1)CN(S(=O)(=O)C1CCOC1)CCO2. The maximum absolute atomic E-state index is 12.6. The summed E-state index contributed by atoms with van der Waals surface area (Å²) in [5, 5.41) is -0.372. The molecule has 0 aromatic heterocycles. The summed E-state index contributed by atoms with van der Waals surface area (Å²) in [4.78, 5) is 0. The molecule has 0 bridgehead atoms. The molecule has 7 heteroatoms. The van der Waals surface area contributed by atoms with E-state index in [4.69, 9.17) is 15.2 Å². The average Bonchev–Trinajstić information content (AvgIpc) is 2.98. The van der Waals surface area contributed by atoms with E-state index in [9.17, 15) is 8.42 Å². The highest BCUT2D eigenvalue weighted by molar-refractivity contribution is 7.89. The fraction of sp³-hybridized carbons (Fsp3) is 1.00. The fourth-order valence-corrected chi connectivity index (χ4v) is 5.28. The maximum atomic E-state index is 12.6. The number of hydrogen-bond acceptors (Lipinski definition) is 5. The third kappa shape index (κ3) is 2.74. The number of ether oxygens (including phenoxy) is 2. The van der Waals surface area contributed by atoms with Gasteiger partial charge in [-0.2, -0.15) is 4.31 Å². The number of hydrogen-bond donors (Lipinski definition) is 1. The van der Waals surface area contributed by atoms with Crippen LogP contribution < -0.4 is 5.73 Å². The fourth-order valence-electron chi connectivity index (χ4n) is 3.45. The molecule has 3 rings (SSSR count). The zero-order chi connectivity index (χ0) is 14.2. The van der Waals surface area contributed by atoms with Crippen molar-refractivity contribution in [2.75, 3.05) is 32.9 Å². The van der Waals surface area contributed by atoms with Crippen molar-refractivity contribution in [3.05, 3.63) is 0 Å². The smallest absolute Gasteiger partial charge is 0.219 e. The Morgan fingerprint density at radius 1 is 1.15 bits per heavy atom. The van der Waals surface area contributed by atoms with E-state index in [1.807, 2.05) is 0 Å². The Morgan fingerprint density at radius 3 is 2.55 bits per heavy atom. The molecule has 116 valence electrons. The highest BCUT2D eigenvalue weighted by atomic mass is 32.2. The molecular formula is C13H24N2O4S. The Labute approximate surface area is 120 Å². The summed E-state index contributed by atoms with van der Waals surface area (Å²) in [5.74, 6) is 0. The lowest BCUT2D eigenvalue weighted by Gasteiger charge is -2.45. The van der Waals surface area contributed by atoms with E-state index in [2.05, 4.69) is 0 Å². The summed E-state index contributed by atoms with van der Waals surface area (Å²) in [6, 6.07) is 0.236. The van der Waals surface area contributed by atoms with Gasteiger partial charge in [0.2, 0.25) is 10.0 Å². The molecule has 1 unspecified atom stereocenters. The summed E-state index contributed by atoms with van der Waals surface area (Å²) in [6.45, 7) is 2.32. The first kappa shape index (κ1) is 14.7. The van der Waals surface area contributed by atoms with Crippen molar-refractivity contribution in [1.29, 1.82) is 0 Å². The van der Waals surface area contributed by atoms with Gasteiger partial charge in [0.15, 0.2) is 0 Å². The highest BCUT2D eigenvalue weighted by Crippen LogP contribution is 2.35. The first-order chi connectivity index (χ1) is 9.52. The summed E-state index contributed by atoms with van der Waals surface area (Å²) in [6.07, 6.45) is 4.17. The molecule has 20 heavy (non-hydrogen) atoms. The van der Waals surface area contributed by atoms with E-state index in [-0.39, 0.29) is 16.9 Å². The summed E-state index contributed by atoms with van der Waals surface area (Å²) < 4.78 is 38.1. The lowest BCUT2D eigenvalue weighted by molar-refractivity contribution is -0.111. The quantitative estimate of drug-likeness (QED) is 0.781. The van der Waals surface area contributed by atoms with Crippen LogP contribution in [0.1, 0.15) is 32.1 Å². The number of nitrogens with zero attached hydrogens (tertiary/aromatic N) is 1. The van der Waals surface area contributed by atoms with E-state index < -0.39 is 10.0 Å². The molecule has 3 fully saturated rings. The van der Waals surface area contributed by atoms with Gasteiger partial charge in [-0.15, -0.1) is 0 Å². The molecule has 0 aromatic carbocycles. The van der Waals surface area contributed by atoms with Gasteiger partial charge in [-0.3, -0.25) is 0 Å². The predicted octanol–water partition coefficient (Wildman–Crippen LogP) is 0.0774. The monoisotopic (exact) mass is 304 g/mol. The molecule has 0 amide bonds.